The molecule has 0 amide bonds. The van der Waals surface area contributed by atoms with Gasteiger partial charge in [0.15, 0.2) is 5.69 Å². The number of carboxylic acids is 1. The first-order chi connectivity index (χ1) is 9.38. The van der Waals surface area contributed by atoms with Crippen molar-refractivity contribution in [2.75, 3.05) is 5.32 Å². The third-order valence-electron chi connectivity index (χ3n) is 2.94. The van der Waals surface area contributed by atoms with Crippen molar-refractivity contribution in [1.29, 1.82) is 0 Å². The lowest BCUT2D eigenvalue weighted by Crippen LogP contribution is -2.13. The second-order valence-corrected chi connectivity index (χ2v) is 4.63. The maximum absolute atomic E-state index is 11.0. The summed E-state index contributed by atoms with van der Waals surface area (Å²) in [5.41, 5.74) is 2.26. The Hall–Kier alpha value is -2.44. The Morgan fingerprint density at radius 1 is 1.35 bits per heavy atom. The molecule has 1 unspecified atom stereocenters. The summed E-state index contributed by atoms with van der Waals surface area (Å²) in [4.78, 5) is 19.1. The fourth-order valence-corrected chi connectivity index (χ4v) is 2.12. The third-order valence-corrected chi connectivity index (χ3v) is 2.94. The predicted octanol–water partition coefficient (Wildman–Crippen LogP) is 2.26. The number of aromatic nitrogens is 3. The zero-order chi connectivity index (χ0) is 14.9. The SMILES string of the molecule is Cc1cc(C(=O)O)nc(NC(C)c2c(C)noc2C)n1. The molecule has 7 heteroatoms. The Morgan fingerprint density at radius 2 is 2.05 bits per heavy atom. The fourth-order valence-electron chi connectivity index (χ4n) is 2.12. The van der Waals surface area contributed by atoms with Gasteiger partial charge in [0, 0.05) is 11.3 Å². The van der Waals surface area contributed by atoms with Gasteiger partial charge in [-0.15, -0.1) is 0 Å². The van der Waals surface area contributed by atoms with Gasteiger partial charge < -0.3 is 14.9 Å². The molecular weight excluding hydrogens is 260 g/mol. The van der Waals surface area contributed by atoms with E-state index in [0.29, 0.717) is 11.5 Å². The fraction of sp³-hybridized carbons (Fsp3) is 0.385. The average Bonchev–Trinajstić information content (AvgIpc) is 2.68. The number of rotatable bonds is 4. The van der Waals surface area contributed by atoms with Crippen molar-refractivity contribution in [3.8, 4) is 0 Å². The van der Waals surface area contributed by atoms with Crippen molar-refractivity contribution in [2.24, 2.45) is 0 Å². The summed E-state index contributed by atoms with van der Waals surface area (Å²) in [7, 11) is 0. The number of aromatic carboxylic acids is 1. The van der Waals surface area contributed by atoms with Gasteiger partial charge in [-0.1, -0.05) is 5.16 Å². The van der Waals surface area contributed by atoms with Crippen LogP contribution < -0.4 is 5.32 Å². The lowest BCUT2D eigenvalue weighted by Gasteiger charge is -2.14. The molecular formula is C13H16N4O3. The van der Waals surface area contributed by atoms with E-state index in [2.05, 4.69) is 20.4 Å². The lowest BCUT2D eigenvalue weighted by molar-refractivity contribution is 0.0690. The van der Waals surface area contributed by atoms with Crippen LogP contribution >= 0.6 is 0 Å². The van der Waals surface area contributed by atoms with Gasteiger partial charge in [0.2, 0.25) is 5.95 Å². The van der Waals surface area contributed by atoms with Crippen LogP contribution in [0.15, 0.2) is 10.6 Å². The van der Waals surface area contributed by atoms with Gasteiger partial charge >= 0.3 is 5.97 Å². The van der Waals surface area contributed by atoms with Gasteiger partial charge in [-0.3, -0.25) is 0 Å². The minimum atomic E-state index is -1.08. The minimum absolute atomic E-state index is 0.0361. The van der Waals surface area contributed by atoms with Crippen LogP contribution in [0.25, 0.3) is 0 Å². The summed E-state index contributed by atoms with van der Waals surface area (Å²) in [5.74, 6) is -0.0907. The molecule has 0 aromatic carbocycles. The summed E-state index contributed by atoms with van der Waals surface area (Å²) in [6.07, 6.45) is 0. The number of hydrogen-bond acceptors (Lipinski definition) is 6. The van der Waals surface area contributed by atoms with Crippen LogP contribution in [-0.2, 0) is 0 Å². The molecule has 0 saturated carbocycles. The zero-order valence-electron chi connectivity index (χ0n) is 11.8. The summed E-state index contributed by atoms with van der Waals surface area (Å²) >= 11 is 0. The smallest absolute Gasteiger partial charge is 0.354 e. The second kappa shape index (κ2) is 5.28. The van der Waals surface area contributed by atoms with Crippen LogP contribution in [0.1, 0.15) is 46.2 Å². The van der Waals surface area contributed by atoms with Crippen LogP contribution in [0, 0.1) is 20.8 Å². The van der Waals surface area contributed by atoms with E-state index in [1.54, 1.807) is 6.92 Å². The largest absolute Gasteiger partial charge is 0.477 e. The van der Waals surface area contributed by atoms with E-state index >= 15 is 0 Å². The predicted molar refractivity (Wildman–Crippen MR) is 71.7 cm³/mol. The number of carbonyl (C=O) groups is 1. The highest BCUT2D eigenvalue weighted by Gasteiger charge is 2.18. The second-order valence-electron chi connectivity index (χ2n) is 4.63. The van der Waals surface area contributed by atoms with Crippen molar-refractivity contribution in [3.63, 3.8) is 0 Å². The molecule has 7 nitrogen and oxygen atoms in total. The standard InChI is InChI=1S/C13H16N4O3/c1-6-5-10(12(18)19)16-13(14-6)15-7(2)11-8(3)17-20-9(11)4/h5,7H,1-4H3,(H,18,19)(H,14,15,16). The van der Waals surface area contributed by atoms with Gasteiger partial charge in [-0.2, -0.15) is 0 Å². The Bertz CT molecular complexity index is 632. The summed E-state index contributed by atoms with van der Waals surface area (Å²) < 4.78 is 5.11. The minimum Gasteiger partial charge on any atom is -0.477 e. The highest BCUT2D eigenvalue weighted by atomic mass is 16.5. The zero-order valence-corrected chi connectivity index (χ0v) is 11.8. The van der Waals surface area contributed by atoms with Crippen LogP contribution in [0.5, 0.6) is 0 Å². The molecule has 20 heavy (non-hydrogen) atoms. The first-order valence-corrected chi connectivity index (χ1v) is 6.16. The van der Waals surface area contributed by atoms with E-state index < -0.39 is 5.97 Å². The number of nitrogens with zero attached hydrogens (tertiary/aromatic N) is 3. The molecule has 1 atom stereocenters. The monoisotopic (exact) mass is 276 g/mol. The maximum atomic E-state index is 11.0. The van der Waals surface area contributed by atoms with Crippen LogP contribution in [0.3, 0.4) is 0 Å². The Morgan fingerprint density at radius 3 is 2.60 bits per heavy atom. The van der Waals surface area contributed by atoms with Crippen LogP contribution in [0.2, 0.25) is 0 Å². The molecule has 0 saturated heterocycles. The molecule has 0 radical (unpaired) electrons. The first kappa shape index (κ1) is 14.0. The quantitative estimate of drug-likeness (QED) is 0.883. The molecule has 2 rings (SSSR count). The van der Waals surface area contributed by atoms with E-state index in [9.17, 15) is 4.79 Å². The third kappa shape index (κ3) is 2.76. The summed E-state index contributed by atoms with van der Waals surface area (Å²) in [5, 5.41) is 16.0. The Balaban J connectivity index is 2.28. The molecule has 106 valence electrons. The van der Waals surface area contributed by atoms with Gasteiger partial charge in [-0.25, -0.2) is 14.8 Å². The van der Waals surface area contributed by atoms with Crippen molar-refractivity contribution in [3.05, 3.63) is 34.5 Å². The van der Waals surface area contributed by atoms with E-state index in [4.69, 9.17) is 9.63 Å². The molecule has 2 N–H and O–H groups in total. The Kier molecular flexibility index (Phi) is 3.69. The van der Waals surface area contributed by atoms with Gasteiger partial charge in [-0.05, 0) is 33.8 Å². The first-order valence-electron chi connectivity index (χ1n) is 6.16. The van der Waals surface area contributed by atoms with Crippen molar-refractivity contribution >= 4 is 11.9 Å². The topological polar surface area (TPSA) is 101 Å². The summed E-state index contributed by atoms with van der Waals surface area (Å²) in [6, 6.07) is 1.29. The van der Waals surface area contributed by atoms with Crippen molar-refractivity contribution < 1.29 is 14.4 Å². The molecule has 0 aliphatic heterocycles. The number of nitrogens with one attached hydrogen (secondary N) is 1. The molecule has 0 bridgehead atoms. The Labute approximate surface area is 116 Å². The number of anilines is 1. The van der Waals surface area contributed by atoms with Crippen LogP contribution in [-0.4, -0.2) is 26.2 Å². The number of hydrogen-bond donors (Lipinski definition) is 2. The van der Waals surface area contributed by atoms with E-state index in [1.165, 1.54) is 6.07 Å². The lowest BCUT2D eigenvalue weighted by atomic mass is 10.1. The van der Waals surface area contributed by atoms with E-state index in [1.807, 2.05) is 20.8 Å². The molecule has 0 aliphatic rings. The van der Waals surface area contributed by atoms with Crippen molar-refractivity contribution in [2.45, 2.75) is 33.7 Å². The molecule has 0 spiro atoms. The maximum Gasteiger partial charge on any atom is 0.354 e. The van der Waals surface area contributed by atoms with E-state index in [0.717, 1.165) is 11.3 Å². The molecule has 0 fully saturated rings. The highest BCUT2D eigenvalue weighted by Crippen LogP contribution is 2.23. The normalized spacial score (nSPS) is 12.2. The molecule has 2 aromatic rings. The van der Waals surface area contributed by atoms with Gasteiger partial charge in [0.05, 0.1) is 11.7 Å². The van der Waals surface area contributed by atoms with Gasteiger partial charge in [0.25, 0.3) is 0 Å². The van der Waals surface area contributed by atoms with Crippen LogP contribution in [0.4, 0.5) is 5.95 Å². The highest BCUT2D eigenvalue weighted by molar-refractivity contribution is 5.85. The summed E-state index contributed by atoms with van der Waals surface area (Å²) in [6.45, 7) is 7.32. The van der Waals surface area contributed by atoms with E-state index in [-0.39, 0.29) is 17.7 Å². The molecule has 2 aromatic heterocycles. The molecule has 2 heterocycles. The average molecular weight is 276 g/mol. The van der Waals surface area contributed by atoms with Gasteiger partial charge in [0.1, 0.15) is 5.76 Å². The van der Waals surface area contributed by atoms with Crippen molar-refractivity contribution in [1.82, 2.24) is 15.1 Å². The number of aryl methyl sites for hydroxylation is 3. The number of carboxylic acid groups (broad SMARTS) is 1. The molecule has 0 aliphatic carbocycles.